The van der Waals surface area contributed by atoms with Crippen molar-refractivity contribution >= 4 is 0 Å². The molecule has 1 saturated heterocycles. The molecule has 16 heavy (non-hydrogen) atoms. The summed E-state index contributed by atoms with van der Waals surface area (Å²) < 4.78 is 13.2. The standard InChI is InChI=1S/C13H18FNO/c1-10-4-2-3-7-15(10)9-11-5-6-13(16)12(14)8-11/h5-6,8,10,16H,2-4,7,9H2,1H3. The van der Waals surface area contributed by atoms with Gasteiger partial charge in [0.05, 0.1) is 0 Å². The summed E-state index contributed by atoms with van der Waals surface area (Å²) in [6.07, 6.45) is 3.74. The molecule has 88 valence electrons. The highest BCUT2D eigenvalue weighted by Crippen LogP contribution is 2.21. The number of likely N-dealkylation sites (tertiary alicyclic amines) is 1. The van der Waals surface area contributed by atoms with Crippen LogP contribution in [0.2, 0.25) is 0 Å². The molecule has 0 spiro atoms. The van der Waals surface area contributed by atoms with Gasteiger partial charge >= 0.3 is 0 Å². The van der Waals surface area contributed by atoms with E-state index in [4.69, 9.17) is 5.11 Å². The zero-order valence-electron chi connectivity index (χ0n) is 9.62. The van der Waals surface area contributed by atoms with E-state index in [0.717, 1.165) is 18.7 Å². The van der Waals surface area contributed by atoms with Gasteiger partial charge in [0, 0.05) is 12.6 Å². The third-order valence-corrected chi connectivity index (χ3v) is 3.34. The summed E-state index contributed by atoms with van der Waals surface area (Å²) in [5, 5.41) is 9.11. The van der Waals surface area contributed by atoms with Crippen LogP contribution < -0.4 is 0 Å². The average molecular weight is 223 g/mol. The van der Waals surface area contributed by atoms with E-state index in [-0.39, 0.29) is 5.75 Å². The average Bonchev–Trinajstić information content (AvgIpc) is 2.27. The fourth-order valence-electron chi connectivity index (χ4n) is 2.28. The Hall–Kier alpha value is -1.09. The van der Waals surface area contributed by atoms with Crippen LogP contribution >= 0.6 is 0 Å². The van der Waals surface area contributed by atoms with E-state index >= 15 is 0 Å². The molecule has 3 heteroatoms. The topological polar surface area (TPSA) is 23.5 Å². The molecule has 1 fully saturated rings. The number of phenolic OH excluding ortho intramolecular Hbond substituents is 1. The second-order valence-electron chi connectivity index (χ2n) is 4.60. The van der Waals surface area contributed by atoms with E-state index in [2.05, 4.69) is 11.8 Å². The Morgan fingerprint density at radius 2 is 2.25 bits per heavy atom. The lowest BCUT2D eigenvalue weighted by atomic mass is 10.0. The number of hydrogen-bond acceptors (Lipinski definition) is 2. The number of nitrogens with zero attached hydrogens (tertiary/aromatic N) is 1. The van der Waals surface area contributed by atoms with Crippen LogP contribution in [0.5, 0.6) is 5.75 Å². The lowest BCUT2D eigenvalue weighted by molar-refractivity contribution is 0.152. The van der Waals surface area contributed by atoms with Crippen molar-refractivity contribution in [2.75, 3.05) is 6.54 Å². The van der Waals surface area contributed by atoms with Crippen LogP contribution in [0.3, 0.4) is 0 Å². The minimum Gasteiger partial charge on any atom is -0.505 e. The lowest BCUT2D eigenvalue weighted by Gasteiger charge is -2.33. The molecule has 1 aliphatic heterocycles. The normalized spacial score (nSPS) is 22.2. The van der Waals surface area contributed by atoms with Gasteiger partial charge in [0.2, 0.25) is 0 Å². The minimum absolute atomic E-state index is 0.268. The predicted octanol–water partition coefficient (Wildman–Crippen LogP) is 2.91. The predicted molar refractivity (Wildman–Crippen MR) is 61.8 cm³/mol. The first-order chi connectivity index (χ1) is 7.66. The van der Waals surface area contributed by atoms with Crippen LogP contribution in [-0.2, 0) is 6.54 Å². The molecule has 1 aromatic carbocycles. The van der Waals surface area contributed by atoms with Crippen molar-refractivity contribution in [3.05, 3.63) is 29.6 Å². The Balaban J connectivity index is 2.05. The molecule has 1 aliphatic rings. The summed E-state index contributed by atoms with van der Waals surface area (Å²) in [5.74, 6) is -0.794. The van der Waals surface area contributed by atoms with Crippen LogP contribution in [0, 0.1) is 5.82 Å². The van der Waals surface area contributed by atoms with Crippen LogP contribution in [0.1, 0.15) is 31.7 Å². The summed E-state index contributed by atoms with van der Waals surface area (Å²) in [6.45, 7) is 4.08. The van der Waals surface area contributed by atoms with Gasteiger partial charge in [-0.25, -0.2) is 4.39 Å². The van der Waals surface area contributed by atoms with Crippen molar-refractivity contribution in [2.45, 2.75) is 38.8 Å². The van der Waals surface area contributed by atoms with Crippen molar-refractivity contribution in [3.8, 4) is 5.75 Å². The lowest BCUT2D eigenvalue weighted by Crippen LogP contribution is -2.36. The summed E-state index contributed by atoms with van der Waals surface area (Å²) in [7, 11) is 0. The Kier molecular flexibility index (Phi) is 3.44. The van der Waals surface area contributed by atoms with Crippen LogP contribution in [0.4, 0.5) is 4.39 Å². The Labute approximate surface area is 95.7 Å². The monoisotopic (exact) mass is 223 g/mol. The van der Waals surface area contributed by atoms with Gasteiger partial charge in [-0.15, -0.1) is 0 Å². The Morgan fingerprint density at radius 1 is 1.44 bits per heavy atom. The van der Waals surface area contributed by atoms with E-state index in [1.807, 2.05) is 0 Å². The van der Waals surface area contributed by atoms with E-state index < -0.39 is 5.82 Å². The molecule has 0 saturated carbocycles. The molecular formula is C13H18FNO. The molecule has 1 aromatic rings. The maximum absolute atomic E-state index is 13.2. The molecular weight excluding hydrogens is 205 g/mol. The fraction of sp³-hybridized carbons (Fsp3) is 0.538. The molecule has 0 bridgehead atoms. The number of halogens is 1. The van der Waals surface area contributed by atoms with Crippen LogP contribution in [-0.4, -0.2) is 22.6 Å². The number of benzene rings is 1. The van der Waals surface area contributed by atoms with E-state index in [9.17, 15) is 4.39 Å². The number of piperidine rings is 1. The summed E-state index contributed by atoms with van der Waals surface area (Å²) in [5.41, 5.74) is 0.934. The highest BCUT2D eigenvalue weighted by atomic mass is 19.1. The molecule has 0 aliphatic carbocycles. The summed E-state index contributed by atoms with van der Waals surface area (Å²) >= 11 is 0. The quantitative estimate of drug-likeness (QED) is 0.833. The first kappa shape index (κ1) is 11.4. The van der Waals surface area contributed by atoms with E-state index in [1.54, 1.807) is 6.07 Å². The van der Waals surface area contributed by atoms with Crippen molar-refractivity contribution in [3.63, 3.8) is 0 Å². The maximum atomic E-state index is 13.2. The van der Waals surface area contributed by atoms with Gasteiger partial charge in [0.25, 0.3) is 0 Å². The van der Waals surface area contributed by atoms with Gasteiger partial charge in [0.15, 0.2) is 11.6 Å². The van der Waals surface area contributed by atoms with Gasteiger partial charge in [-0.05, 0) is 44.0 Å². The number of rotatable bonds is 2. The van der Waals surface area contributed by atoms with Crippen molar-refractivity contribution in [1.82, 2.24) is 4.90 Å². The molecule has 2 rings (SSSR count). The maximum Gasteiger partial charge on any atom is 0.165 e. The minimum atomic E-state index is -0.526. The van der Waals surface area contributed by atoms with Gasteiger partial charge in [-0.2, -0.15) is 0 Å². The molecule has 0 radical (unpaired) electrons. The first-order valence-electron chi connectivity index (χ1n) is 5.88. The summed E-state index contributed by atoms with van der Waals surface area (Å²) in [6, 6.07) is 5.22. The van der Waals surface area contributed by atoms with Crippen LogP contribution in [0.25, 0.3) is 0 Å². The van der Waals surface area contributed by atoms with Crippen molar-refractivity contribution in [2.24, 2.45) is 0 Å². The van der Waals surface area contributed by atoms with E-state index in [0.29, 0.717) is 6.04 Å². The van der Waals surface area contributed by atoms with Crippen molar-refractivity contribution in [1.29, 1.82) is 0 Å². The molecule has 1 unspecified atom stereocenters. The fourth-order valence-corrected chi connectivity index (χ4v) is 2.28. The van der Waals surface area contributed by atoms with Gasteiger partial charge < -0.3 is 5.11 Å². The highest BCUT2D eigenvalue weighted by molar-refractivity contribution is 5.28. The summed E-state index contributed by atoms with van der Waals surface area (Å²) in [4.78, 5) is 2.37. The molecule has 1 N–H and O–H groups in total. The smallest absolute Gasteiger partial charge is 0.165 e. The molecule has 1 atom stereocenters. The third-order valence-electron chi connectivity index (χ3n) is 3.34. The van der Waals surface area contributed by atoms with E-state index in [1.165, 1.54) is 31.4 Å². The van der Waals surface area contributed by atoms with Gasteiger partial charge in [0.1, 0.15) is 0 Å². The van der Waals surface area contributed by atoms with Gasteiger partial charge in [-0.1, -0.05) is 12.5 Å². The molecule has 1 heterocycles. The SMILES string of the molecule is CC1CCCCN1Cc1ccc(O)c(F)c1. The second-order valence-corrected chi connectivity index (χ2v) is 4.60. The second kappa shape index (κ2) is 4.83. The molecule has 2 nitrogen and oxygen atoms in total. The number of aromatic hydroxyl groups is 1. The largest absolute Gasteiger partial charge is 0.505 e. The van der Waals surface area contributed by atoms with Gasteiger partial charge in [-0.3, -0.25) is 4.90 Å². The molecule has 0 aromatic heterocycles. The zero-order valence-corrected chi connectivity index (χ0v) is 9.62. The number of hydrogen-bond donors (Lipinski definition) is 1. The van der Waals surface area contributed by atoms with Crippen molar-refractivity contribution < 1.29 is 9.50 Å². The Bertz CT molecular complexity index is 367. The molecule has 0 amide bonds. The highest BCUT2D eigenvalue weighted by Gasteiger charge is 2.18. The first-order valence-corrected chi connectivity index (χ1v) is 5.88. The van der Waals surface area contributed by atoms with Crippen LogP contribution in [0.15, 0.2) is 18.2 Å². The third kappa shape index (κ3) is 2.53. The Morgan fingerprint density at radius 3 is 2.94 bits per heavy atom. The zero-order chi connectivity index (χ0) is 11.5. The number of phenols is 1.